The van der Waals surface area contributed by atoms with Gasteiger partial charge in [0.2, 0.25) is 23.5 Å². The summed E-state index contributed by atoms with van der Waals surface area (Å²) in [6.45, 7) is 3.87. The zero-order chi connectivity index (χ0) is 16.9. The lowest BCUT2D eigenvalue weighted by molar-refractivity contribution is -0.138. The third-order valence-corrected chi connectivity index (χ3v) is 4.02. The van der Waals surface area contributed by atoms with Crippen LogP contribution in [0.25, 0.3) is 11.4 Å². The van der Waals surface area contributed by atoms with Crippen LogP contribution >= 0.6 is 0 Å². The summed E-state index contributed by atoms with van der Waals surface area (Å²) in [6, 6.07) is 3.65. The second-order valence-corrected chi connectivity index (χ2v) is 5.64. The van der Waals surface area contributed by atoms with Crippen LogP contribution in [0.5, 0.6) is 0 Å². The molecule has 0 spiro atoms. The van der Waals surface area contributed by atoms with Crippen molar-refractivity contribution in [3.05, 3.63) is 30.4 Å². The van der Waals surface area contributed by atoms with Crippen molar-refractivity contribution in [1.82, 2.24) is 24.9 Å². The Morgan fingerprint density at radius 3 is 2.62 bits per heavy atom. The number of pyridine rings is 1. The fourth-order valence-corrected chi connectivity index (χ4v) is 2.61. The first-order valence-electron chi connectivity index (χ1n) is 7.90. The highest BCUT2D eigenvalue weighted by molar-refractivity contribution is 5.77. The fourth-order valence-electron chi connectivity index (χ4n) is 2.61. The molecule has 2 aromatic heterocycles. The monoisotopic (exact) mass is 329 g/mol. The number of aryl methyl sites for hydroxylation is 1. The maximum Gasteiger partial charge on any atom is 0.227 e. The van der Waals surface area contributed by atoms with Crippen LogP contribution in [0.4, 0.5) is 0 Å². The highest BCUT2D eigenvalue weighted by atomic mass is 16.5. The predicted octanol–water partition coefficient (Wildman–Crippen LogP) is 0.755. The third-order valence-electron chi connectivity index (χ3n) is 4.02. The second kappa shape index (κ2) is 7.20. The van der Waals surface area contributed by atoms with Gasteiger partial charge in [0.25, 0.3) is 0 Å². The Labute approximate surface area is 139 Å². The Morgan fingerprint density at radius 1 is 1.21 bits per heavy atom. The van der Waals surface area contributed by atoms with Crippen LogP contribution in [0.15, 0.2) is 29.0 Å². The zero-order valence-electron chi connectivity index (χ0n) is 13.5. The summed E-state index contributed by atoms with van der Waals surface area (Å²) in [5.74, 6) is 1.00. The smallest absolute Gasteiger partial charge is 0.227 e. The van der Waals surface area contributed by atoms with E-state index in [-0.39, 0.29) is 11.8 Å². The Balaban J connectivity index is 1.50. The molecule has 0 unspecified atom stereocenters. The molecular formula is C16H19N5O3. The summed E-state index contributed by atoms with van der Waals surface area (Å²) < 4.78 is 5.19. The molecule has 0 aliphatic carbocycles. The molecule has 8 nitrogen and oxygen atoms in total. The number of nitrogens with zero attached hydrogens (tertiary/aromatic N) is 5. The van der Waals surface area contributed by atoms with Gasteiger partial charge < -0.3 is 14.3 Å². The van der Waals surface area contributed by atoms with Gasteiger partial charge in [-0.3, -0.25) is 14.6 Å². The van der Waals surface area contributed by atoms with Crippen LogP contribution in [0, 0.1) is 0 Å². The van der Waals surface area contributed by atoms with E-state index in [9.17, 15) is 9.59 Å². The highest BCUT2D eigenvalue weighted by Gasteiger charge is 2.22. The number of amides is 2. The first-order chi connectivity index (χ1) is 11.6. The van der Waals surface area contributed by atoms with E-state index in [0.717, 1.165) is 5.56 Å². The number of carbonyl (C=O) groups excluding carboxylic acids is 2. The molecule has 1 aliphatic rings. The number of aromatic nitrogens is 3. The molecule has 3 heterocycles. The van der Waals surface area contributed by atoms with Gasteiger partial charge in [-0.2, -0.15) is 4.98 Å². The molecule has 24 heavy (non-hydrogen) atoms. The minimum atomic E-state index is 0.0410. The molecular weight excluding hydrogens is 310 g/mol. The predicted molar refractivity (Wildman–Crippen MR) is 84.7 cm³/mol. The number of hydrogen-bond donors (Lipinski definition) is 0. The van der Waals surface area contributed by atoms with Crippen molar-refractivity contribution in [2.75, 3.05) is 26.2 Å². The summed E-state index contributed by atoms with van der Waals surface area (Å²) in [5.41, 5.74) is 0.777. The van der Waals surface area contributed by atoms with Crippen LogP contribution in [0.1, 0.15) is 19.2 Å². The van der Waals surface area contributed by atoms with E-state index in [1.54, 1.807) is 35.2 Å². The Bertz CT molecular complexity index is 708. The lowest BCUT2D eigenvalue weighted by Gasteiger charge is -2.34. The quantitative estimate of drug-likeness (QED) is 0.822. The number of carbonyl (C=O) groups is 2. The average Bonchev–Trinajstić information content (AvgIpc) is 3.09. The molecule has 2 aromatic rings. The number of rotatable bonds is 4. The van der Waals surface area contributed by atoms with Crippen molar-refractivity contribution >= 4 is 11.8 Å². The summed E-state index contributed by atoms with van der Waals surface area (Å²) in [7, 11) is 0. The number of hydrogen-bond acceptors (Lipinski definition) is 6. The van der Waals surface area contributed by atoms with Crippen molar-refractivity contribution in [2.45, 2.75) is 19.8 Å². The van der Waals surface area contributed by atoms with Crippen molar-refractivity contribution < 1.29 is 14.1 Å². The summed E-state index contributed by atoms with van der Waals surface area (Å²) in [5, 5.41) is 3.91. The van der Waals surface area contributed by atoms with Gasteiger partial charge in [-0.05, 0) is 12.1 Å². The van der Waals surface area contributed by atoms with Gasteiger partial charge in [0.1, 0.15) is 0 Å². The highest BCUT2D eigenvalue weighted by Crippen LogP contribution is 2.15. The molecule has 1 fully saturated rings. The van der Waals surface area contributed by atoms with Gasteiger partial charge in [0.05, 0.1) is 0 Å². The molecule has 0 saturated carbocycles. The van der Waals surface area contributed by atoms with Gasteiger partial charge in [-0.15, -0.1) is 0 Å². The SMILES string of the molecule is CC(=O)N1CCN(C(=O)CCc2nc(-c3cccnc3)no2)CC1. The van der Waals surface area contributed by atoms with Gasteiger partial charge >= 0.3 is 0 Å². The largest absolute Gasteiger partial charge is 0.339 e. The molecule has 126 valence electrons. The van der Waals surface area contributed by atoms with E-state index in [1.807, 2.05) is 6.07 Å². The molecule has 8 heteroatoms. The Hall–Kier alpha value is -2.77. The molecule has 0 radical (unpaired) electrons. The molecule has 1 aliphatic heterocycles. The van der Waals surface area contributed by atoms with Crippen molar-refractivity contribution in [1.29, 1.82) is 0 Å². The van der Waals surface area contributed by atoms with E-state index in [4.69, 9.17) is 4.52 Å². The third kappa shape index (κ3) is 3.76. The van der Waals surface area contributed by atoms with Crippen LogP contribution < -0.4 is 0 Å². The van der Waals surface area contributed by atoms with Crippen LogP contribution in [-0.4, -0.2) is 62.9 Å². The Morgan fingerprint density at radius 2 is 1.96 bits per heavy atom. The standard InChI is InChI=1S/C16H19N5O3/c1-12(22)20-7-9-21(10-8-20)15(23)5-4-14-18-16(19-24-14)13-3-2-6-17-11-13/h2-3,6,11H,4-5,7-10H2,1H3. The Kier molecular flexibility index (Phi) is 4.83. The summed E-state index contributed by atoms with van der Waals surface area (Å²) in [4.78, 5) is 35.4. The maximum atomic E-state index is 12.2. The molecule has 1 saturated heterocycles. The summed E-state index contributed by atoms with van der Waals surface area (Å²) >= 11 is 0. The topological polar surface area (TPSA) is 92.4 Å². The normalized spacial score (nSPS) is 14.7. The number of piperazine rings is 1. The second-order valence-electron chi connectivity index (χ2n) is 5.64. The van der Waals surface area contributed by atoms with Gasteiger partial charge in [0.15, 0.2) is 0 Å². The van der Waals surface area contributed by atoms with Crippen LogP contribution in [-0.2, 0) is 16.0 Å². The van der Waals surface area contributed by atoms with Gasteiger partial charge in [0, 0.05) is 63.9 Å². The lowest BCUT2D eigenvalue weighted by atomic mass is 10.2. The molecule has 2 amide bonds. The lowest BCUT2D eigenvalue weighted by Crippen LogP contribution is -2.50. The molecule has 0 atom stereocenters. The van der Waals surface area contributed by atoms with E-state index in [0.29, 0.717) is 50.7 Å². The molecule has 0 N–H and O–H groups in total. The fraction of sp³-hybridized carbons (Fsp3) is 0.438. The minimum Gasteiger partial charge on any atom is -0.339 e. The molecule has 3 rings (SSSR count). The summed E-state index contributed by atoms with van der Waals surface area (Å²) in [6.07, 6.45) is 4.05. The van der Waals surface area contributed by atoms with Crippen molar-refractivity contribution in [2.24, 2.45) is 0 Å². The van der Waals surface area contributed by atoms with E-state index < -0.39 is 0 Å². The van der Waals surface area contributed by atoms with Crippen molar-refractivity contribution in [3.63, 3.8) is 0 Å². The minimum absolute atomic E-state index is 0.0410. The first-order valence-corrected chi connectivity index (χ1v) is 7.90. The van der Waals surface area contributed by atoms with Crippen LogP contribution in [0.3, 0.4) is 0 Å². The van der Waals surface area contributed by atoms with E-state index in [2.05, 4.69) is 15.1 Å². The van der Waals surface area contributed by atoms with Crippen LogP contribution in [0.2, 0.25) is 0 Å². The molecule has 0 bridgehead atoms. The molecule has 0 aromatic carbocycles. The first kappa shape index (κ1) is 16.1. The average molecular weight is 329 g/mol. The van der Waals surface area contributed by atoms with Gasteiger partial charge in [-0.25, -0.2) is 0 Å². The van der Waals surface area contributed by atoms with E-state index >= 15 is 0 Å². The van der Waals surface area contributed by atoms with E-state index in [1.165, 1.54) is 0 Å². The zero-order valence-corrected chi connectivity index (χ0v) is 13.5. The van der Waals surface area contributed by atoms with Gasteiger partial charge in [-0.1, -0.05) is 5.16 Å². The maximum absolute atomic E-state index is 12.2. The van der Waals surface area contributed by atoms with Crippen molar-refractivity contribution in [3.8, 4) is 11.4 Å².